The van der Waals surface area contributed by atoms with E-state index < -0.39 is 6.36 Å². The molecule has 9 nitrogen and oxygen atoms in total. The number of hydrogen-bond donors (Lipinski definition) is 0. The van der Waals surface area contributed by atoms with Gasteiger partial charge in [-0.3, -0.25) is 14.5 Å². The van der Waals surface area contributed by atoms with Gasteiger partial charge in [0.25, 0.3) is 5.56 Å². The molecule has 5 aromatic rings. The van der Waals surface area contributed by atoms with Gasteiger partial charge in [0.05, 0.1) is 34.9 Å². The van der Waals surface area contributed by atoms with Crippen LogP contribution in [0.3, 0.4) is 0 Å². The first-order valence-corrected chi connectivity index (χ1v) is 14.5. The van der Waals surface area contributed by atoms with Gasteiger partial charge < -0.3 is 4.74 Å². The van der Waals surface area contributed by atoms with Gasteiger partial charge in [0.2, 0.25) is 5.91 Å². The molecule has 1 saturated heterocycles. The fourth-order valence-corrected chi connectivity index (χ4v) is 5.95. The van der Waals surface area contributed by atoms with Crippen LogP contribution in [0.15, 0.2) is 87.9 Å². The lowest BCUT2D eigenvalue weighted by molar-refractivity contribution is -0.274. The van der Waals surface area contributed by atoms with Gasteiger partial charge in [-0.15, -0.1) is 18.3 Å². The Labute approximate surface area is 253 Å². The molecule has 0 bridgehead atoms. The molecule has 1 amide bonds. The van der Waals surface area contributed by atoms with Crippen LogP contribution >= 0.6 is 11.8 Å². The average Bonchev–Trinajstić information content (AvgIpc) is 3.59. The second kappa shape index (κ2) is 11.3. The van der Waals surface area contributed by atoms with E-state index in [-0.39, 0.29) is 28.9 Å². The summed E-state index contributed by atoms with van der Waals surface area (Å²) in [7, 11) is 1.59. The molecule has 224 valence electrons. The lowest BCUT2D eigenvalue weighted by atomic mass is 10.0. The first-order chi connectivity index (χ1) is 21.0. The summed E-state index contributed by atoms with van der Waals surface area (Å²) >= 11 is 1.31. The Bertz CT molecular complexity index is 2030. The number of halogens is 3. The standard InChI is InChI=1S/C31H25F3N6O3S/c1-18(2)22-6-4-5-7-25(22)39-27(41)17-44-30(39)37-36-15-19-8-13-23-24(14-19)29(42)38(3)40-26(16-35-28(23)40)20-9-11-21(12-10-20)43-31(32,33)34/h4-16,18H,17H2,1-3H3/b36-15-,37-30-. The SMILES string of the molecule is CC(C)c1ccccc1N1C(=O)CS/C1=N\N=C/c1ccc2c(c1)c(=O)n(C)n1c(-c3ccc(OC(F)(F)F)cc3)cnc21. The van der Waals surface area contributed by atoms with Crippen molar-refractivity contribution in [2.24, 2.45) is 17.3 Å². The summed E-state index contributed by atoms with van der Waals surface area (Å²) in [6.45, 7) is 4.13. The van der Waals surface area contributed by atoms with Crippen LogP contribution < -0.4 is 15.2 Å². The number of aromatic nitrogens is 3. The van der Waals surface area contributed by atoms with Crippen LogP contribution in [-0.4, -0.2) is 43.6 Å². The zero-order valence-electron chi connectivity index (χ0n) is 23.7. The van der Waals surface area contributed by atoms with Crippen LogP contribution in [0.25, 0.3) is 27.7 Å². The Morgan fingerprint density at radius 2 is 1.77 bits per heavy atom. The second-order valence-corrected chi connectivity index (χ2v) is 11.3. The van der Waals surface area contributed by atoms with Crippen molar-refractivity contribution < 1.29 is 22.7 Å². The number of imidazole rings is 1. The van der Waals surface area contributed by atoms with E-state index in [0.717, 1.165) is 11.3 Å². The topological polar surface area (TPSA) is 93.6 Å². The third-order valence-corrected chi connectivity index (χ3v) is 8.06. The lowest BCUT2D eigenvalue weighted by Crippen LogP contribution is -2.30. The third-order valence-electron chi connectivity index (χ3n) is 7.15. The van der Waals surface area contributed by atoms with Crippen molar-refractivity contribution in [2.75, 3.05) is 10.7 Å². The summed E-state index contributed by atoms with van der Waals surface area (Å²) in [4.78, 5) is 32.3. The number of carbonyl (C=O) groups is 1. The van der Waals surface area contributed by atoms with Crippen molar-refractivity contribution >= 4 is 51.2 Å². The number of alkyl halides is 3. The minimum absolute atomic E-state index is 0.0695. The fourth-order valence-electron chi connectivity index (χ4n) is 5.13. The first-order valence-electron chi connectivity index (χ1n) is 13.5. The molecule has 3 aromatic carbocycles. The summed E-state index contributed by atoms with van der Waals surface area (Å²) in [6.07, 6.45) is -1.71. The molecular weight excluding hydrogens is 593 g/mol. The normalized spacial score (nSPS) is 15.1. The van der Waals surface area contributed by atoms with Crippen LogP contribution in [0.2, 0.25) is 0 Å². The summed E-state index contributed by atoms with van der Waals surface area (Å²) in [5.41, 5.74) is 3.71. The van der Waals surface area contributed by atoms with Crippen molar-refractivity contribution in [2.45, 2.75) is 26.1 Å². The molecule has 0 saturated carbocycles. The van der Waals surface area contributed by atoms with E-state index in [0.29, 0.717) is 38.4 Å². The van der Waals surface area contributed by atoms with E-state index in [1.165, 1.54) is 46.9 Å². The largest absolute Gasteiger partial charge is 0.573 e. The van der Waals surface area contributed by atoms with Crippen molar-refractivity contribution in [3.8, 4) is 17.0 Å². The molecular formula is C31H25F3N6O3S. The van der Waals surface area contributed by atoms with Gasteiger partial charge in [0.15, 0.2) is 10.8 Å². The monoisotopic (exact) mass is 618 g/mol. The van der Waals surface area contributed by atoms with E-state index in [2.05, 4.69) is 33.8 Å². The van der Waals surface area contributed by atoms with Crippen molar-refractivity contribution in [3.05, 3.63) is 94.4 Å². The maximum absolute atomic E-state index is 13.4. The smallest absolute Gasteiger partial charge is 0.406 e. The molecule has 44 heavy (non-hydrogen) atoms. The van der Waals surface area contributed by atoms with Gasteiger partial charge in [-0.25, -0.2) is 14.2 Å². The van der Waals surface area contributed by atoms with Crippen molar-refractivity contribution in [3.63, 3.8) is 0 Å². The van der Waals surface area contributed by atoms with Crippen molar-refractivity contribution in [1.82, 2.24) is 14.2 Å². The summed E-state index contributed by atoms with van der Waals surface area (Å²) < 4.78 is 44.7. The van der Waals surface area contributed by atoms with Gasteiger partial charge in [-0.05, 0) is 59.5 Å². The van der Waals surface area contributed by atoms with Crippen LogP contribution in [0.1, 0.15) is 30.9 Å². The van der Waals surface area contributed by atoms with Crippen LogP contribution in [-0.2, 0) is 11.8 Å². The maximum atomic E-state index is 13.4. The number of anilines is 1. The molecule has 1 aliphatic heterocycles. The van der Waals surface area contributed by atoms with Crippen LogP contribution in [0.5, 0.6) is 5.75 Å². The number of benzene rings is 3. The number of thioether (sulfide) groups is 1. The molecule has 0 N–H and O–H groups in total. The molecule has 6 rings (SSSR count). The average molecular weight is 619 g/mol. The highest BCUT2D eigenvalue weighted by Gasteiger charge is 2.32. The molecule has 0 unspecified atom stereocenters. The van der Waals surface area contributed by atoms with Gasteiger partial charge >= 0.3 is 6.36 Å². The Morgan fingerprint density at radius 1 is 1.02 bits per heavy atom. The van der Waals surface area contributed by atoms with Gasteiger partial charge in [0, 0.05) is 18.0 Å². The van der Waals surface area contributed by atoms with E-state index in [4.69, 9.17) is 0 Å². The summed E-state index contributed by atoms with van der Waals surface area (Å²) in [5.74, 6) is 0.0612. The van der Waals surface area contributed by atoms with E-state index in [1.54, 1.807) is 40.9 Å². The number of amidine groups is 1. The molecule has 3 heterocycles. The van der Waals surface area contributed by atoms with E-state index in [9.17, 15) is 22.8 Å². The minimum atomic E-state index is -4.79. The zero-order valence-corrected chi connectivity index (χ0v) is 24.6. The maximum Gasteiger partial charge on any atom is 0.573 e. The number of fused-ring (bicyclic) bond motifs is 3. The number of aryl methyl sites for hydroxylation is 1. The number of ether oxygens (including phenoxy) is 1. The molecule has 13 heteroatoms. The van der Waals surface area contributed by atoms with Crippen LogP contribution in [0.4, 0.5) is 18.9 Å². The highest BCUT2D eigenvalue weighted by molar-refractivity contribution is 8.15. The highest BCUT2D eigenvalue weighted by Crippen LogP contribution is 2.33. The molecule has 0 aliphatic carbocycles. The Hall–Kier alpha value is -4.91. The van der Waals surface area contributed by atoms with Gasteiger partial charge in [-0.1, -0.05) is 49.9 Å². The van der Waals surface area contributed by atoms with E-state index >= 15 is 0 Å². The second-order valence-electron chi connectivity index (χ2n) is 10.3. The molecule has 0 atom stereocenters. The first kappa shape index (κ1) is 29.2. The Kier molecular flexibility index (Phi) is 7.49. The van der Waals surface area contributed by atoms with Gasteiger partial charge in [0.1, 0.15) is 5.75 Å². The summed E-state index contributed by atoms with van der Waals surface area (Å²) in [6, 6.07) is 18.3. The van der Waals surface area contributed by atoms with E-state index in [1.807, 2.05) is 24.3 Å². The number of nitrogens with zero attached hydrogens (tertiary/aromatic N) is 6. The lowest BCUT2D eigenvalue weighted by Gasteiger charge is -2.20. The molecule has 1 fully saturated rings. The summed E-state index contributed by atoms with van der Waals surface area (Å²) in [5, 5.41) is 10.1. The number of amides is 1. The minimum Gasteiger partial charge on any atom is -0.406 e. The predicted molar refractivity (Wildman–Crippen MR) is 166 cm³/mol. The van der Waals surface area contributed by atoms with Crippen molar-refractivity contribution in [1.29, 1.82) is 0 Å². The fraction of sp³-hybridized carbons (Fsp3) is 0.194. The molecule has 2 aromatic heterocycles. The molecule has 1 aliphatic rings. The van der Waals surface area contributed by atoms with Gasteiger partial charge in [-0.2, -0.15) is 5.10 Å². The quantitative estimate of drug-likeness (QED) is 0.164. The third kappa shape index (κ3) is 5.46. The Balaban J connectivity index is 1.32. The number of hydrogen-bond acceptors (Lipinski definition) is 7. The molecule has 0 radical (unpaired) electrons. The Morgan fingerprint density at radius 3 is 2.50 bits per heavy atom. The van der Waals surface area contributed by atoms with Crippen LogP contribution in [0, 0.1) is 0 Å². The zero-order chi connectivity index (χ0) is 31.2. The molecule has 0 spiro atoms. The number of para-hydroxylation sites is 1. The number of carbonyl (C=O) groups excluding carboxylic acids is 1. The predicted octanol–water partition coefficient (Wildman–Crippen LogP) is 6.35. The highest BCUT2D eigenvalue weighted by atomic mass is 32.2. The number of rotatable bonds is 6.